The third kappa shape index (κ3) is 10.0. The molecule has 0 fully saturated rings. The van der Waals surface area contributed by atoms with Gasteiger partial charge in [-0.3, -0.25) is 9.52 Å². The molecule has 0 aliphatic carbocycles. The normalized spacial score (nSPS) is 12.2. The SMILES string of the molecule is CCCCC(=O)NCC(C)(C)OCCC(C)(C)NSc1ccc(N)cc1. The Kier molecular flexibility index (Phi) is 9.47. The van der Waals surface area contributed by atoms with Crippen LogP contribution in [0, 0.1) is 0 Å². The molecule has 0 radical (unpaired) electrons. The molecular weight excluding hydrogens is 346 g/mol. The largest absolute Gasteiger partial charge is 0.399 e. The topological polar surface area (TPSA) is 76.4 Å². The van der Waals surface area contributed by atoms with Gasteiger partial charge in [0.2, 0.25) is 5.91 Å². The second kappa shape index (κ2) is 10.8. The Labute approximate surface area is 163 Å². The number of unbranched alkanes of at least 4 members (excludes halogenated alkanes) is 1. The van der Waals surface area contributed by atoms with Gasteiger partial charge in [0.25, 0.3) is 0 Å². The molecule has 1 aromatic carbocycles. The molecule has 148 valence electrons. The highest BCUT2D eigenvalue weighted by Crippen LogP contribution is 2.22. The van der Waals surface area contributed by atoms with Gasteiger partial charge in [0, 0.05) is 35.7 Å². The lowest BCUT2D eigenvalue weighted by Crippen LogP contribution is -2.42. The second-order valence-corrected chi connectivity index (χ2v) is 8.78. The number of carbonyl (C=O) groups is 1. The maximum absolute atomic E-state index is 11.7. The summed E-state index contributed by atoms with van der Waals surface area (Å²) >= 11 is 1.60. The van der Waals surface area contributed by atoms with E-state index in [4.69, 9.17) is 10.5 Å². The minimum Gasteiger partial charge on any atom is -0.399 e. The number of nitrogens with one attached hydrogen (secondary N) is 2. The molecule has 0 aliphatic heterocycles. The fourth-order valence-corrected chi connectivity index (χ4v) is 2.92. The van der Waals surface area contributed by atoms with Crippen LogP contribution in [0.4, 0.5) is 5.69 Å². The summed E-state index contributed by atoms with van der Waals surface area (Å²) in [5, 5.41) is 2.96. The van der Waals surface area contributed by atoms with Crippen molar-refractivity contribution in [3.8, 4) is 0 Å². The van der Waals surface area contributed by atoms with E-state index in [0.29, 0.717) is 19.6 Å². The van der Waals surface area contributed by atoms with Gasteiger partial charge in [-0.2, -0.15) is 0 Å². The zero-order valence-corrected chi connectivity index (χ0v) is 17.7. The molecular formula is C20H35N3O2S. The highest BCUT2D eigenvalue weighted by atomic mass is 32.2. The predicted octanol–water partition coefficient (Wildman–Crippen LogP) is 4.14. The summed E-state index contributed by atoms with van der Waals surface area (Å²) in [6, 6.07) is 7.81. The van der Waals surface area contributed by atoms with E-state index in [1.165, 1.54) is 0 Å². The molecule has 0 spiro atoms. The first-order valence-corrected chi connectivity index (χ1v) is 10.2. The van der Waals surface area contributed by atoms with Crippen molar-refractivity contribution >= 4 is 23.5 Å². The number of amides is 1. The van der Waals surface area contributed by atoms with Crippen LogP contribution < -0.4 is 15.8 Å². The van der Waals surface area contributed by atoms with Crippen molar-refractivity contribution in [3.63, 3.8) is 0 Å². The maximum atomic E-state index is 11.7. The summed E-state index contributed by atoms with van der Waals surface area (Å²) in [6.45, 7) is 11.6. The van der Waals surface area contributed by atoms with Gasteiger partial charge in [-0.1, -0.05) is 13.3 Å². The Bertz CT molecular complexity index is 544. The molecule has 1 aromatic rings. The zero-order chi connectivity index (χ0) is 19.6. The first kappa shape index (κ1) is 22.8. The van der Waals surface area contributed by atoms with Gasteiger partial charge < -0.3 is 15.8 Å². The predicted molar refractivity (Wildman–Crippen MR) is 111 cm³/mol. The molecule has 1 amide bonds. The Morgan fingerprint density at radius 3 is 2.46 bits per heavy atom. The highest BCUT2D eigenvalue weighted by Gasteiger charge is 2.23. The van der Waals surface area contributed by atoms with Gasteiger partial charge in [0.15, 0.2) is 0 Å². The number of hydrogen-bond donors (Lipinski definition) is 3. The number of nitrogen functional groups attached to an aromatic ring is 1. The molecule has 26 heavy (non-hydrogen) atoms. The van der Waals surface area contributed by atoms with Crippen molar-refractivity contribution in [1.82, 2.24) is 10.0 Å². The molecule has 0 aliphatic rings. The quantitative estimate of drug-likeness (QED) is 0.375. The molecule has 0 aromatic heterocycles. The van der Waals surface area contributed by atoms with Crippen LogP contribution in [0.3, 0.4) is 0 Å². The van der Waals surface area contributed by atoms with Crippen LogP contribution in [-0.2, 0) is 9.53 Å². The second-order valence-electron chi connectivity index (χ2n) is 7.90. The average molecular weight is 382 g/mol. The van der Waals surface area contributed by atoms with Crippen LogP contribution in [-0.4, -0.2) is 30.2 Å². The van der Waals surface area contributed by atoms with Crippen LogP contribution >= 0.6 is 11.9 Å². The van der Waals surface area contributed by atoms with Gasteiger partial charge in [-0.25, -0.2) is 0 Å². The fourth-order valence-electron chi connectivity index (χ4n) is 2.15. The van der Waals surface area contributed by atoms with E-state index in [1.807, 2.05) is 38.1 Å². The first-order chi connectivity index (χ1) is 12.1. The van der Waals surface area contributed by atoms with E-state index < -0.39 is 0 Å². The summed E-state index contributed by atoms with van der Waals surface area (Å²) in [7, 11) is 0. The number of ether oxygens (including phenoxy) is 1. The Balaban J connectivity index is 2.30. The molecule has 6 heteroatoms. The van der Waals surface area contributed by atoms with Gasteiger partial charge in [0.05, 0.1) is 5.60 Å². The van der Waals surface area contributed by atoms with Crippen molar-refractivity contribution in [3.05, 3.63) is 24.3 Å². The highest BCUT2D eigenvalue weighted by molar-refractivity contribution is 7.97. The number of rotatable bonds is 12. The van der Waals surface area contributed by atoms with Crippen LogP contribution in [0.1, 0.15) is 60.3 Å². The van der Waals surface area contributed by atoms with Crippen LogP contribution in [0.15, 0.2) is 29.2 Å². The van der Waals surface area contributed by atoms with E-state index in [2.05, 4.69) is 30.8 Å². The van der Waals surface area contributed by atoms with E-state index in [0.717, 1.165) is 29.8 Å². The van der Waals surface area contributed by atoms with E-state index in [-0.39, 0.29) is 17.0 Å². The van der Waals surface area contributed by atoms with Crippen LogP contribution in [0.5, 0.6) is 0 Å². The lowest BCUT2D eigenvalue weighted by atomic mass is 10.0. The Morgan fingerprint density at radius 1 is 1.19 bits per heavy atom. The summed E-state index contributed by atoms with van der Waals surface area (Å²) in [6.07, 6.45) is 3.41. The molecule has 4 N–H and O–H groups in total. The number of hydrogen-bond acceptors (Lipinski definition) is 5. The summed E-state index contributed by atoms with van der Waals surface area (Å²) in [5.41, 5.74) is 6.03. The van der Waals surface area contributed by atoms with Crippen molar-refractivity contribution < 1.29 is 9.53 Å². The smallest absolute Gasteiger partial charge is 0.220 e. The summed E-state index contributed by atoms with van der Waals surface area (Å²) in [4.78, 5) is 12.9. The molecule has 5 nitrogen and oxygen atoms in total. The molecule has 0 heterocycles. The Hall–Kier alpha value is -1.24. The monoisotopic (exact) mass is 381 g/mol. The van der Waals surface area contributed by atoms with Gasteiger partial charge in [-0.15, -0.1) is 0 Å². The van der Waals surface area contributed by atoms with Crippen molar-refractivity contribution in [2.75, 3.05) is 18.9 Å². The van der Waals surface area contributed by atoms with Crippen LogP contribution in [0.25, 0.3) is 0 Å². The van der Waals surface area contributed by atoms with E-state index >= 15 is 0 Å². The third-order valence-electron chi connectivity index (χ3n) is 4.01. The molecule has 0 atom stereocenters. The van der Waals surface area contributed by atoms with E-state index in [1.54, 1.807) is 11.9 Å². The standard InChI is InChI=1S/C20H35N3O2S/c1-6-7-8-18(24)22-15-20(4,5)25-14-13-19(2,3)23-26-17-11-9-16(21)10-12-17/h9-12,23H,6-8,13-15,21H2,1-5H3,(H,22,24). The lowest BCUT2D eigenvalue weighted by Gasteiger charge is -2.30. The minimum atomic E-state index is -0.373. The maximum Gasteiger partial charge on any atom is 0.220 e. The third-order valence-corrected chi connectivity index (χ3v) is 5.18. The molecule has 0 unspecified atom stereocenters. The number of nitrogens with two attached hydrogens (primary N) is 1. The van der Waals surface area contributed by atoms with Crippen molar-refractivity contribution in [1.29, 1.82) is 0 Å². The number of anilines is 1. The van der Waals surface area contributed by atoms with Crippen molar-refractivity contribution in [2.45, 2.75) is 76.3 Å². The number of carbonyl (C=O) groups excluding carboxylic acids is 1. The summed E-state index contributed by atoms with van der Waals surface area (Å²) < 4.78 is 9.49. The Morgan fingerprint density at radius 2 is 1.85 bits per heavy atom. The van der Waals surface area contributed by atoms with Crippen LogP contribution in [0.2, 0.25) is 0 Å². The molecule has 0 saturated carbocycles. The molecule has 1 rings (SSSR count). The van der Waals surface area contributed by atoms with Gasteiger partial charge in [-0.05, 0) is 76.7 Å². The van der Waals surface area contributed by atoms with Gasteiger partial charge in [0.1, 0.15) is 0 Å². The number of benzene rings is 1. The zero-order valence-electron chi connectivity index (χ0n) is 16.9. The van der Waals surface area contributed by atoms with Gasteiger partial charge >= 0.3 is 0 Å². The van der Waals surface area contributed by atoms with E-state index in [9.17, 15) is 4.79 Å². The molecule has 0 saturated heterocycles. The first-order valence-electron chi connectivity index (χ1n) is 9.34. The van der Waals surface area contributed by atoms with Crippen molar-refractivity contribution in [2.24, 2.45) is 0 Å². The summed E-state index contributed by atoms with van der Waals surface area (Å²) in [5.74, 6) is 0.102. The fraction of sp³-hybridized carbons (Fsp3) is 0.650. The average Bonchev–Trinajstić information content (AvgIpc) is 2.57. The lowest BCUT2D eigenvalue weighted by molar-refractivity contribution is -0.123. The minimum absolute atomic E-state index is 0.0769. The molecule has 0 bridgehead atoms.